The number of amides is 2. The summed E-state index contributed by atoms with van der Waals surface area (Å²) in [6.45, 7) is 5.82. The van der Waals surface area contributed by atoms with Gasteiger partial charge < -0.3 is 22.1 Å². The van der Waals surface area contributed by atoms with Crippen molar-refractivity contribution < 1.29 is 9.59 Å². The maximum atomic E-state index is 12.7. The maximum absolute atomic E-state index is 12.7. The summed E-state index contributed by atoms with van der Waals surface area (Å²) in [5.41, 5.74) is 11.2. The second-order valence-corrected chi connectivity index (χ2v) is 14.1. The van der Waals surface area contributed by atoms with E-state index in [1.54, 1.807) is 0 Å². The van der Waals surface area contributed by atoms with E-state index < -0.39 is 6.04 Å². The van der Waals surface area contributed by atoms with E-state index in [0.29, 0.717) is 19.5 Å². The first-order valence-corrected chi connectivity index (χ1v) is 20.9. The number of nitrogens with zero attached hydrogens (tertiary/aromatic N) is 1. The van der Waals surface area contributed by atoms with Crippen LogP contribution in [0.1, 0.15) is 206 Å². The van der Waals surface area contributed by atoms with Crippen LogP contribution in [0.4, 0.5) is 0 Å². The van der Waals surface area contributed by atoms with Crippen LogP contribution in [-0.4, -0.2) is 36.9 Å². The highest BCUT2D eigenvalue weighted by Gasteiger charge is 2.18. The van der Waals surface area contributed by atoms with Crippen molar-refractivity contribution in [3.05, 3.63) is 24.3 Å². The van der Waals surface area contributed by atoms with Crippen LogP contribution in [0, 0.1) is 0 Å². The molecule has 0 aliphatic rings. The zero-order valence-electron chi connectivity index (χ0n) is 32.4. The Morgan fingerprint density at radius 3 is 1.24 bits per heavy atom. The number of guanidine groups is 1. The Bertz CT molecular complexity index is 822. The fourth-order valence-corrected chi connectivity index (χ4v) is 6.09. The number of hydrogen-bond donors (Lipinski definition) is 4. The Hall–Kier alpha value is -2.31. The first-order valence-electron chi connectivity index (χ1n) is 20.9. The number of rotatable bonds is 37. The third-order valence-electron chi connectivity index (χ3n) is 9.25. The number of nitrogens with one attached hydrogen (secondary N) is 2. The van der Waals surface area contributed by atoms with Crippen LogP contribution in [-0.2, 0) is 9.59 Å². The summed E-state index contributed by atoms with van der Waals surface area (Å²) in [6.07, 6.45) is 45.3. The summed E-state index contributed by atoms with van der Waals surface area (Å²) < 4.78 is 0. The Labute approximate surface area is 303 Å². The quantitative estimate of drug-likeness (QED) is 0.0225. The first-order chi connectivity index (χ1) is 24.0. The Kier molecular flexibility index (Phi) is 36.7. The van der Waals surface area contributed by atoms with E-state index in [1.807, 2.05) is 0 Å². The summed E-state index contributed by atoms with van der Waals surface area (Å²) in [4.78, 5) is 29.2. The van der Waals surface area contributed by atoms with Gasteiger partial charge in [0.15, 0.2) is 5.96 Å². The van der Waals surface area contributed by atoms with Gasteiger partial charge in [-0.25, -0.2) is 4.99 Å². The molecule has 0 aliphatic heterocycles. The fraction of sp³-hybridized carbons (Fsp3) is 0.833. The predicted octanol–water partition coefficient (Wildman–Crippen LogP) is 10.7. The summed E-state index contributed by atoms with van der Waals surface area (Å²) in [5.74, 6) is -0.381. The molecule has 0 saturated heterocycles. The van der Waals surface area contributed by atoms with Gasteiger partial charge in [-0.05, 0) is 70.6 Å². The second-order valence-electron chi connectivity index (χ2n) is 14.1. The molecule has 0 aromatic heterocycles. The molecule has 0 saturated carbocycles. The summed E-state index contributed by atoms with van der Waals surface area (Å²) in [7, 11) is 0. The Morgan fingerprint density at radius 1 is 0.510 bits per heavy atom. The van der Waals surface area contributed by atoms with Crippen molar-refractivity contribution in [1.82, 2.24) is 10.6 Å². The molecule has 7 nitrogen and oxygen atoms in total. The molecular formula is C42H81N5O2. The van der Waals surface area contributed by atoms with E-state index in [-0.39, 0.29) is 24.2 Å². The van der Waals surface area contributed by atoms with E-state index >= 15 is 0 Å². The third-order valence-corrected chi connectivity index (χ3v) is 9.25. The van der Waals surface area contributed by atoms with Crippen molar-refractivity contribution in [2.24, 2.45) is 16.5 Å². The SMILES string of the molecule is CCCCCCCC/C=C\CCCCCCCCNC(=O)CCC(N=C(N)N)C(=O)NCCCCCCCC/C=C\CCCCCCCC. The highest BCUT2D eigenvalue weighted by atomic mass is 16.2. The minimum absolute atomic E-state index is 0.0513. The molecule has 0 fully saturated rings. The molecule has 1 atom stereocenters. The van der Waals surface area contributed by atoms with Crippen molar-refractivity contribution in [2.45, 2.75) is 213 Å². The van der Waals surface area contributed by atoms with Crippen LogP contribution in [0.15, 0.2) is 29.3 Å². The minimum Gasteiger partial charge on any atom is -0.370 e. The number of hydrogen-bond acceptors (Lipinski definition) is 3. The molecule has 7 heteroatoms. The van der Waals surface area contributed by atoms with Gasteiger partial charge >= 0.3 is 0 Å². The van der Waals surface area contributed by atoms with Crippen LogP contribution in [0.25, 0.3) is 0 Å². The summed E-state index contributed by atoms with van der Waals surface area (Å²) in [5, 5.41) is 5.95. The highest BCUT2D eigenvalue weighted by Crippen LogP contribution is 2.12. The molecule has 0 radical (unpaired) electrons. The fourth-order valence-electron chi connectivity index (χ4n) is 6.09. The second kappa shape index (κ2) is 38.5. The molecule has 0 heterocycles. The molecule has 0 bridgehead atoms. The van der Waals surface area contributed by atoms with Crippen molar-refractivity contribution in [1.29, 1.82) is 0 Å². The largest absolute Gasteiger partial charge is 0.370 e. The monoisotopic (exact) mass is 688 g/mol. The van der Waals surface area contributed by atoms with Crippen molar-refractivity contribution in [3.8, 4) is 0 Å². The molecule has 2 amide bonds. The molecule has 0 rings (SSSR count). The standard InChI is InChI=1S/C42H81N5O2/c1-3-5-7-9-11-13-15-17-19-21-23-25-27-29-31-33-37-45-40(48)36-35-39(47-42(43)44)41(49)46-38-34-32-30-28-26-24-22-20-18-16-14-12-10-8-6-4-2/h17-20,39H,3-16,21-38H2,1-2H3,(H,45,48)(H,46,49)(H4,43,44,47)/b19-17-,20-18-. The molecular weight excluding hydrogens is 606 g/mol. The topological polar surface area (TPSA) is 123 Å². The van der Waals surface area contributed by atoms with Crippen molar-refractivity contribution >= 4 is 17.8 Å². The number of unbranched alkanes of at least 4 members (excludes halogenated alkanes) is 24. The van der Waals surface area contributed by atoms with Gasteiger partial charge in [-0.1, -0.05) is 154 Å². The zero-order chi connectivity index (χ0) is 35.9. The molecule has 1 unspecified atom stereocenters. The van der Waals surface area contributed by atoms with E-state index in [2.05, 4.69) is 53.8 Å². The van der Waals surface area contributed by atoms with Crippen LogP contribution in [0.3, 0.4) is 0 Å². The van der Waals surface area contributed by atoms with E-state index in [0.717, 1.165) is 25.7 Å². The minimum atomic E-state index is -0.727. The average Bonchev–Trinajstić information content (AvgIpc) is 3.09. The van der Waals surface area contributed by atoms with Gasteiger partial charge in [-0.3, -0.25) is 9.59 Å². The van der Waals surface area contributed by atoms with Gasteiger partial charge in [0.25, 0.3) is 0 Å². The lowest BCUT2D eigenvalue weighted by atomic mass is 10.1. The predicted molar refractivity (Wildman–Crippen MR) is 214 cm³/mol. The first kappa shape index (κ1) is 46.7. The van der Waals surface area contributed by atoms with Crippen LogP contribution < -0.4 is 22.1 Å². The number of carbonyl (C=O) groups is 2. The summed E-state index contributed by atoms with van der Waals surface area (Å²) >= 11 is 0. The zero-order valence-corrected chi connectivity index (χ0v) is 32.4. The lowest BCUT2D eigenvalue weighted by Gasteiger charge is -2.13. The van der Waals surface area contributed by atoms with Gasteiger partial charge in [0.1, 0.15) is 6.04 Å². The van der Waals surface area contributed by atoms with Crippen LogP contribution >= 0.6 is 0 Å². The van der Waals surface area contributed by atoms with E-state index in [1.165, 1.54) is 154 Å². The van der Waals surface area contributed by atoms with Crippen molar-refractivity contribution in [3.63, 3.8) is 0 Å². The number of carbonyl (C=O) groups excluding carboxylic acids is 2. The lowest BCUT2D eigenvalue weighted by Crippen LogP contribution is -2.38. The average molecular weight is 688 g/mol. The van der Waals surface area contributed by atoms with Gasteiger partial charge in [-0.15, -0.1) is 0 Å². The Morgan fingerprint density at radius 2 is 0.857 bits per heavy atom. The molecule has 0 spiro atoms. The van der Waals surface area contributed by atoms with Crippen molar-refractivity contribution in [2.75, 3.05) is 13.1 Å². The third kappa shape index (κ3) is 36.8. The molecule has 0 aromatic rings. The Balaban J connectivity index is 3.76. The van der Waals surface area contributed by atoms with Gasteiger partial charge in [0.05, 0.1) is 0 Å². The van der Waals surface area contributed by atoms with Gasteiger partial charge in [-0.2, -0.15) is 0 Å². The van der Waals surface area contributed by atoms with Crippen LogP contribution in [0.2, 0.25) is 0 Å². The lowest BCUT2D eigenvalue weighted by molar-refractivity contribution is -0.123. The molecule has 6 N–H and O–H groups in total. The summed E-state index contributed by atoms with van der Waals surface area (Å²) in [6, 6.07) is -0.727. The van der Waals surface area contributed by atoms with E-state index in [4.69, 9.17) is 11.5 Å². The number of nitrogens with two attached hydrogens (primary N) is 2. The number of aliphatic imine (C=N–C) groups is 1. The molecule has 286 valence electrons. The number of allylic oxidation sites excluding steroid dienone is 4. The van der Waals surface area contributed by atoms with Crippen LogP contribution in [0.5, 0.6) is 0 Å². The van der Waals surface area contributed by atoms with E-state index in [9.17, 15) is 9.59 Å². The smallest absolute Gasteiger partial charge is 0.244 e. The maximum Gasteiger partial charge on any atom is 0.244 e. The highest BCUT2D eigenvalue weighted by molar-refractivity contribution is 5.86. The molecule has 49 heavy (non-hydrogen) atoms. The van der Waals surface area contributed by atoms with Gasteiger partial charge in [0, 0.05) is 19.5 Å². The normalized spacial score (nSPS) is 12.1. The molecule has 0 aliphatic carbocycles. The molecule has 0 aromatic carbocycles. The van der Waals surface area contributed by atoms with Gasteiger partial charge in [0.2, 0.25) is 11.8 Å².